The van der Waals surface area contributed by atoms with Gasteiger partial charge < -0.3 is 4.74 Å². The van der Waals surface area contributed by atoms with E-state index in [2.05, 4.69) is 4.99 Å². The number of rotatable bonds is 0. The molecule has 13 heavy (non-hydrogen) atoms. The molecule has 1 aliphatic rings. The molecule has 0 aromatic heterocycles. The Bertz CT molecular complexity index is 366. The van der Waals surface area contributed by atoms with Crippen molar-refractivity contribution >= 4 is 5.71 Å². The minimum atomic E-state index is -0.418. The van der Waals surface area contributed by atoms with Crippen molar-refractivity contribution in [2.75, 3.05) is 0 Å². The third kappa shape index (κ3) is 1.44. The molecule has 0 bridgehead atoms. The van der Waals surface area contributed by atoms with Crippen LogP contribution in [0, 0.1) is 0 Å². The van der Waals surface area contributed by atoms with Gasteiger partial charge in [0.2, 0.25) is 0 Å². The molecule has 2 heteroatoms. The van der Waals surface area contributed by atoms with E-state index in [-0.39, 0.29) is 0 Å². The quantitative estimate of drug-likeness (QED) is 0.594. The number of nitrogens with zero attached hydrogens (tertiary/aromatic N) is 1. The Balaban J connectivity index is 2.55. The smallest absolute Gasteiger partial charge is 0.194 e. The van der Waals surface area contributed by atoms with Crippen molar-refractivity contribution in [2.24, 2.45) is 4.99 Å². The number of ether oxygens (including phenoxy) is 1. The summed E-state index contributed by atoms with van der Waals surface area (Å²) in [6.07, 6.45) is 0. The van der Waals surface area contributed by atoms with Crippen LogP contribution in [0.2, 0.25) is 0 Å². The van der Waals surface area contributed by atoms with Crippen LogP contribution in [-0.2, 0) is 0 Å². The second kappa shape index (κ2) is 2.59. The fourth-order valence-corrected chi connectivity index (χ4v) is 1.61. The fraction of sp³-hybridized carbons (Fsp3) is 0.364. The van der Waals surface area contributed by atoms with Crippen molar-refractivity contribution in [3.63, 3.8) is 0 Å². The summed E-state index contributed by atoms with van der Waals surface area (Å²) >= 11 is 0. The normalized spacial score (nSPS) is 18.5. The molecular weight excluding hydrogens is 162 g/mol. The molecule has 1 heterocycles. The van der Waals surface area contributed by atoms with E-state index in [4.69, 9.17) is 4.74 Å². The van der Waals surface area contributed by atoms with Gasteiger partial charge in [-0.2, -0.15) is 0 Å². The van der Waals surface area contributed by atoms with Crippen molar-refractivity contribution in [2.45, 2.75) is 26.5 Å². The first kappa shape index (κ1) is 8.30. The average molecular weight is 175 g/mol. The SMILES string of the molecule is CC1=NC(C)(C)Oc2ccccc21. The Morgan fingerprint density at radius 3 is 2.69 bits per heavy atom. The number of hydrogen-bond acceptors (Lipinski definition) is 2. The Morgan fingerprint density at radius 2 is 1.92 bits per heavy atom. The highest BCUT2D eigenvalue weighted by molar-refractivity contribution is 6.01. The standard InChI is InChI=1S/C11H13NO/c1-8-9-6-4-5-7-10(9)13-11(2,3)12-8/h4-7H,1-3H3. The van der Waals surface area contributed by atoms with Gasteiger partial charge in [0.25, 0.3) is 0 Å². The van der Waals surface area contributed by atoms with Crippen molar-refractivity contribution in [3.05, 3.63) is 29.8 Å². The van der Waals surface area contributed by atoms with Gasteiger partial charge in [-0.25, -0.2) is 4.99 Å². The molecule has 1 aliphatic heterocycles. The van der Waals surface area contributed by atoms with Crippen LogP contribution in [0.1, 0.15) is 26.3 Å². The van der Waals surface area contributed by atoms with Gasteiger partial charge in [0.15, 0.2) is 5.72 Å². The maximum absolute atomic E-state index is 5.70. The summed E-state index contributed by atoms with van der Waals surface area (Å²) in [4.78, 5) is 4.45. The summed E-state index contributed by atoms with van der Waals surface area (Å²) in [5.41, 5.74) is 1.73. The molecule has 1 aromatic rings. The van der Waals surface area contributed by atoms with Gasteiger partial charge in [0.05, 0.1) is 0 Å². The van der Waals surface area contributed by atoms with Crippen LogP contribution in [0.4, 0.5) is 0 Å². The monoisotopic (exact) mass is 175 g/mol. The van der Waals surface area contributed by atoms with Crippen molar-refractivity contribution in [1.82, 2.24) is 0 Å². The highest BCUT2D eigenvalue weighted by Gasteiger charge is 2.25. The van der Waals surface area contributed by atoms with Gasteiger partial charge in [-0.1, -0.05) is 12.1 Å². The van der Waals surface area contributed by atoms with Crippen LogP contribution in [0.5, 0.6) is 5.75 Å². The van der Waals surface area contributed by atoms with E-state index in [0.29, 0.717) is 0 Å². The van der Waals surface area contributed by atoms with E-state index in [1.54, 1.807) is 0 Å². The van der Waals surface area contributed by atoms with Crippen LogP contribution in [-0.4, -0.2) is 11.4 Å². The molecule has 0 saturated heterocycles. The van der Waals surface area contributed by atoms with Gasteiger partial charge >= 0.3 is 0 Å². The molecule has 0 atom stereocenters. The van der Waals surface area contributed by atoms with Crippen LogP contribution >= 0.6 is 0 Å². The second-order valence-corrected chi connectivity index (χ2v) is 3.74. The van der Waals surface area contributed by atoms with Crippen LogP contribution < -0.4 is 4.74 Å². The summed E-state index contributed by atoms with van der Waals surface area (Å²) in [6, 6.07) is 7.99. The lowest BCUT2D eigenvalue weighted by Crippen LogP contribution is -2.31. The van der Waals surface area contributed by atoms with E-state index < -0.39 is 5.72 Å². The van der Waals surface area contributed by atoms with Crippen LogP contribution in [0.15, 0.2) is 29.3 Å². The summed E-state index contributed by atoms with van der Waals surface area (Å²) < 4.78 is 5.70. The number of hydrogen-bond donors (Lipinski definition) is 0. The molecule has 68 valence electrons. The zero-order chi connectivity index (χ0) is 9.47. The third-order valence-corrected chi connectivity index (χ3v) is 2.07. The van der Waals surface area contributed by atoms with E-state index in [9.17, 15) is 0 Å². The maximum atomic E-state index is 5.70. The molecule has 0 saturated carbocycles. The van der Waals surface area contributed by atoms with Crippen molar-refractivity contribution in [1.29, 1.82) is 0 Å². The zero-order valence-electron chi connectivity index (χ0n) is 8.16. The Morgan fingerprint density at radius 1 is 1.23 bits per heavy atom. The molecule has 0 amide bonds. The maximum Gasteiger partial charge on any atom is 0.194 e. The first-order valence-corrected chi connectivity index (χ1v) is 4.43. The Kier molecular flexibility index (Phi) is 1.65. The minimum Gasteiger partial charge on any atom is -0.466 e. The highest BCUT2D eigenvalue weighted by atomic mass is 16.5. The molecule has 2 rings (SSSR count). The molecule has 0 fully saturated rings. The van der Waals surface area contributed by atoms with E-state index in [1.807, 2.05) is 45.0 Å². The van der Waals surface area contributed by atoms with E-state index in [0.717, 1.165) is 17.0 Å². The van der Waals surface area contributed by atoms with Crippen LogP contribution in [0.3, 0.4) is 0 Å². The molecule has 1 aromatic carbocycles. The molecule has 0 radical (unpaired) electrons. The lowest BCUT2D eigenvalue weighted by atomic mass is 10.1. The van der Waals surface area contributed by atoms with Gasteiger partial charge in [0.1, 0.15) is 5.75 Å². The van der Waals surface area contributed by atoms with Gasteiger partial charge in [-0.3, -0.25) is 0 Å². The molecule has 0 spiro atoms. The van der Waals surface area contributed by atoms with Gasteiger partial charge in [0, 0.05) is 11.3 Å². The summed E-state index contributed by atoms with van der Waals surface area (Å²) in [6.45, 7) is 5.95. The van der Waals surface area contributed by atoms with Gasteiger partial charge in [-0.05, 0) is 32.9 Å². The second-order valence-electron chi connectivity index (χ2n) is 3.74. The van der Waals surface area contributed by atoms with Crippen molar-refractivity contribution in [3.8, 4) is 5.75 Å². The number of fused-ring (bicyclic) bond motifs is 1. The molecule has 2 nitrogen and oxygen atoms in total. The number of para-hydroxylation sites is 1. The summed E-state index contributed by atoms with van der Waals surface area (Å²) in [5.74, 6) is 0.931. The first-order valence-electron chi connectivity index (χ1n) is 4.43. The first-order chi connectivity index (χ1) is 6.08. The molecule has 0 N–H and O–H groups in total. The zero-order valence-corrected chi connectivity index (χ0v) is 8.16. The fourth-order valence-electron chi connectivity index (χ4n) is 1.61. The topological polar surface area (TPSA) is 21.6 Å². The molecule has 0 unspecified atom stereocenters. The predicted octanol–water partition coefficient (Wildman–Crippen LogP) is 2.62. The largest absolute Gasteiger partial charge is 0.466 e. The molecular formula is C11H13NO. The number of aliphatic imine (C=N–C) groups is 1. The summed E-state index contributed by atoms with van der Waals surface area (Å²) in [7, 11) is 0. The van der Waals surface area contributed by atoms with Gasteiger partial charge in [-0.15, -0.1) is 0 Å². The lowest BCUT2D eigenvalue weighted by Gasteiger charge is -2.28. The Labute approximate surface area is 78.3 Å². The van der Waals surface area contributed by atoms with E-state index >= 15 is 0 Å². The minimum absolute atomic E-state index is 0.418. The predicted molar refractivity (Wildman–Crippen MR) is 53.4 cm³/mol. The average Bonchev–Trinajstić information content (AvgIpc) is 2.02. The highest BCUT2D eigenvalue weighted by Crippen LogP contribution is 2.29. The molecule has 0 aliphatic carbocycles. The van der Waals surface area contributed by atoms with Crippen LogP contribution in [0.25, 0.3) is 0 Å². The van der Waals surface area contributed by atoms with E-state index in [1.165, 1.54) is 0 Å². The van der Waals surface area contributed by atoms with Crippen molar-refractivity contribution < 1.29 is 4.74 Å². The Hall–Kier alpha value is -1.31. The summed E-state index contributed by atoms with van der Waals surface area (Å²) in [5, 5.41) is 0. The lowest BCUT2D eigenvalue weighted by molar-refractivity contribution is 0.115. The third-order valence-electron chi connectivity index (χ3n) is 2.07. The number of benzene rings is 1.